The molecule has 0 heterocycles. The average molecular weight is 299 g/mol. The zero-order valence-electron chi connectivity index (χ0n) is 12.6. The van der Waals surface area contributed by atoms with E-state index in [0.717, 1.165) is 6.42 Å². The molecule has 0 saturated heterocycles. The van der Waals surface area contributed by atoms with E-state index in [1.165, 1.54) is 7.05 Å². The van der Waals surface area contributed by atoms with Crippen LogP contribution >= 0.6 is 0 Å². The van der Waals surface area contributed by atoms with Gasteiger partial charge in [-0.25, -0.2) is 13.1 Å². The molecule has 0 aromatic heterocycles. The maximum atomic E-state index is 12.0. The zero-order chi connectivity index (χ0) is 15.4. The van der Waals surface area contributed by atoms with Gasteiger partial charge in [-0.1, -0.05) is 26.0 Å². The number of benzene rings is 1. The van der Waals surface area contributed by atoms with Crippen molar-refractivity contribution in [3.63, 3.8) is 0 Å². The molecule has 1 aromatic carbocycles. The first-order chi connectivity index (χ1) is 9.24. The summed E-state index contributed by atoms with van der Waals surface area (Å²) in [7, 11) is -2.09. The largest absolute Gasteiger partial charge is 0.378 e. The van der Waals surface area contributed by atoms with E-state index >= 15 is 0 Å². The van der Waals surface area contributed by atoms with E-state index in [-0.39, 0.29) is 10.4 Å². The van der Waals surface area contributed by atoms with Crippen LogP contribution in [0.15, 0.2) is 29.2 Å². The molecular formula is C14H25N3O2S. The molecule has 5 nitrogen and oxygen atoms in total. The second-order valence-corrected chi connectivity index (χ2v) is 7.55. The smallest absolute Gasteiger partial charge is 0.242 e. The Balaban J connectivity index is 3.15. The standard InChI is InChI=1S/C14H25N3O2S/c1-11(2)9-14(3,10-15)17-12-7-5-6-8-13(12)20(18,19)16-4/h5-8,11,16-17H,9-10,15H2,1-4H3. The molecule has 0 fully saturated rings. The average Bonchev–Trinajstić information content (AvgIpc) is 2.38. The van der Waals surface area contributed by atoms with Crippen LogP contribution in [-0.4, -0.2) is 27.5 Å². The van der Waals surface area contributed by atoms with Gasteiger partial charge < -0.3 is 11.1 Å². The minimum absolute atomic E-state index is 0.242. The molecule has 0 aliphatic rings. The van der Waals surface area contributed by atoms with E-state index < -0.39 is 10.0 Å². The van der Waals surface area contributed by atoms with Gasteiger partial charge in [0.1, 0.15) is 4.90 Å². The molecule has 0 bridgehead atoms. The monoisotopic (exact) mass is 299 g/mol. The highest BCUT2D eigenvalue weighted by molar-refractivity contribution is 7.89. The summed E-state index contributed by atoms with van der Waals surface area (Å²) in [6, 6.07) is 6.86. The van der Waals surface area contributed by atoms with E-state index in [0.29, 0.717) is 18.2 Å². The molecule has 1 rings (SSSR count). The molecule has 0 aliphatic carbocycles. The molecule has 0 aliphatic heterocycles. The van der Waals surface area contributed by atoms with Crippen molar-refractivity contribution in [2.45, 2.75) is 37.6 Å². The predicted molar refractivity (Wildman–Crippen MR) is 83.2 cm³/mol. The maximum absolute atomic E-state index is 12.0. The Morgan fingerprint density at radius 1 is 1.30 bits per heavy atom. The van der Waals surface area contributed by atoms with Gasteiger partial charge in [-0.3, -0.25) is 0 Å². The molecule has 114 valence electrons. The van der Waals surface area contributed by atoms with Gasteiger partial charge in [0.05, 0.1) is 5.69 Å². The second-order valence-electron chi connectivity index (χ2n) is 5.69. The lowest BCUT2D eigenvalue weighted by Crippen LogP contribution is -2.44. The van der Waals surface area contributed by atoms with Gasteiger partial charge in [0.25, 0.3) is 0 Å². The van der Waals surface area contributed by atoms with Gasteiger partial charge in [-0.05, 0) is 38.4 Å². The first-order valence-electron chi connectivity index (χ1n) is 6.75. The van der Waals surface area contributed by atoms with E-state index in [2.05, 4.69) is 23.9 Å². The highest BCUT2D eigenvalue weighted by atomic mass is 32.2. The van der Waals surface area contributed by atoms with Gasteiger partial charge in [-0.15, -0.1) is 0 Å². The molecule has 0 amide bonds. The topological polar surface area (TPSA) is 84.2 Å². The van der Waals surface area contributed by atoms with Gasteiger partial charge in [0.2, 0.25) is 10.0 Å². The minimum Gasteiger partial charge on any atom is -0.378 e. The van der Waals surface area contributed by atoms with Gasteiger partial charge in [0, 0.05) is 12.1 Å². The van der Waals surface area contributed by atoms with Crippen molar-refractivity contribution in [2.24, 2.45) is 11.7 Å². The number of sulfonamides is 1. The summed E-state index contributed by atoms with van der Waals surface area (Å²) < 4.78 is 26.4. The van der Waals surface area contributed by atoms with Crippen molar-refractivity contribution in [3.05, 3.63) is 24.3 Å². The molecule has 1 aromatic rings. The van der Waals surface area contributed by atoms with Crippen LogP contribution in [0.3, 0.4) is 0 Å². The molecule has 1 atom stereocenters. The van der Waals surface area contributed by atoms with E-state index in [1.54, 1.807) is 18.2 Å². The number of nitrogens with one attached hydrogen (secondary N) is 2. The van der Waals surface area contributed by atoms with Gasteiger partial charge in [-0.2, -0.15) is 0 Å². The van der Waals surface area contributed by atoms with Crippen molar-refractivity contribution in [2.75, 3.05) is 18.9 Å². The number of anilines is 1. The first-order valence-corrected chi connectivity index (χ1v) is 8.23. The molecule has 20 heavy (non-hydrogen) atoms. The predicted octanol–water partition coefficient (Wildman–Crippen LogP) is 1.77. The summed E-state index contributed by atoms with van der Waals surface area (Å²) in [4.78, 5) is 0.242. The van der Waals surface area contributed by atoms with E-state index in [9.17, 15) is 8.42 Å². The van der Waals surface area contributed by atoms with Crippen LogP contribution in [-0.2, 0) is 10.0 Å². The third-order valence-electron chi connectivity index (χ3n) is 3.19. The zero-order valence-corrected chi connectivity index (χ0v) is 13.4. The third-order valence-corrected chi connectivity index (χ3v) is 4.66. The quantitative estimate of drug-likeness (QED) is 0.716. The number of nitrogens with two attached hydrogens (primary N) is 1. The summed E-state index contributed by atoms with van der Waals surface area (Å²) in [5.74, 6) is 0.462. The summed E-state index contributed by atoms with van der Waals surface area (Å²) in [5.41, 5.74) is 6.11. The van der Waals surface area contributed by atoms with E-state index in [4.69, 9.17) is 5.73 Å². The van der Waals surface area contributed by atoms with Crippen LogP contribution in [0.1, 0.15) is 27.2 Å². The minimum atomic E-state index is -3.49. The highest BCUT2D eigenvalue weighted by Gasteiger charge is 2.26. The summed E-state index contributed by atoms with van der Waals surface area (Å²) in [6.45, 7) is 6.67. The van der Waals surface area contributed by atoms with Gasteiger partial charge >= 0.3 is 0 Å². The van der Waals surface area contributed by atoms with Crippen LogP contribution in [0.2, 0.25) is 0 Å². The molecule has 4 N–H and O–H groups in total. The fraction of sp³-hybridized carbons (Fsp3) is 0.571. The Hall–Kier alpha value is -1.11. The lowest BCUT2D eigenvalue weighted by atomic mass is 9.90. The summed E-state index contributed by atoms with van der Waals surface area (Å²) in [5, 5.41) is 3.30. The van der Waals surface area contributed by atoms with Crippen molar-refractivity contribution in [1.29, 1.82) is 0 Å². The fourth-order valence-corrected chi connectivity index (χ4v) is 3.21. The molecule has 6 heteroatoms. The SMILES string of the molecule is CNS(=O)(=O)c1ccccc1NC(C)(CN)CC(C)C. The van der Waals surface area contributed by atoms with Crippen molar-refractivity contribution >= 4 is 15.7 Å². The van der Waals surface area contributed by atoms with E-state index in [1.807, 2.05) is 13.0 Å². The van der Waals surface area contributed by atoms with Crippen LogP contribution < -0.4 is 15.8 Å². The molecule has 0 spiro atoms. The Labute approximate surface area is 122 Å². The number of rotatable bonds is 7. The lowest BCUT2D eigenvalue weighted by Gasteiger charge is -2.33. The third kappa shape index (κ3) is 4.19. The highest BCUT2D eigenvalue weighted by Crippen LogP contribution is 2.26. The van der Waals surface area contributed by atoms with Crippen LogP contribution in [0, 0.1) is 5.92 Å². The van der Waals surface area contributed by atoms with Crippen molar-refractivity contribution in [3.8, 4) is 0 Å². The van der Waals surface area contributed by atoms with Crippen LogP contribution in [0.5, 0.6) is 0 Å². The molecule has 0 saturated carbocycles. The van der Waals surface area contributed by atoms with Crippen molar-refractivity contribution in [1.82, 2.24) is 4.72 Å². The maximum Gasteiger partial charge on any atom is 0.242 e. The molecule has 0 radical (unpaired) electrons. The Kier molecular flexibility index (Phi) is 5.56. The molecular weight excluding hydrogens is 274 g/mol. The Bertz CT molecular complexity index is 543. The fourth-order valence-electron chi connectivity index (χ4n) is 2.33. The summed E-state index contributed by atoms with van der Waals surface area (Å²) >= 11 is 0. The van der Waals surface area contributed by atoms with Crippen LogP contribution in [0.25, 0.3) is 0 Å². The molecule has 1 unspecified atom stereocenters. The lowest BCUT2D eigenvalue weighted by molar-refractivity contribution is 0.406. The Morgan fingerprint density at radius 2 is 1.90 bits per heavy atom. The number of para-hydroxylation sites is 1. The van der Waals surface area contributed by atoms with Crippen LogP contribution in [0.4, 0.5) is 5.69 Å². The summed E-state index contributed by atoms with van der Waals surface area (Å²) in [6.07, 6.45) is 0.859. The number of hydrogen-bond acceptors (Lipinski definition) is 4. The normalized spacial score (nSPS) is 15.1. The Morgan fingerprint density at radius 3 is 2.40 bits per heavy atom. The van der Waals surface area contributed by atoms with Gasteiger partial charge in [0.15, 0.2) is 0 Å². The van der Waals surface area contributed by atoms with Crippen molar-refractivity contribution < 1.29 is 8.42 Å². The first kappa shape index (κ1) is 16.9. The number of hydrogen-bond donors (Lipinski definition) is 3. The second kappa shape index (κ2) is 6.56.